The van der Waals surface area contributed by atoms with Crippen LogP contribution in [0.5, 0.6) is 0 Å². The Kier molecular flexibility index (Phi) is 2.00. The fraction of sp³-hybridized carbons (Fsp3) is 0.100. The van der Waals surface area contributed by atoms with Crippen LogP contribution >= 0.6 is 0 Å². The van der Waals surface area contributed by atoms with Gasteiger partial charge in [-0.05, 0) is 6.07 Å². The van der Waals surface area contributed by atoms with Crippen LogP contribution in [-0.4, -0.2) is 17.0 Å². The molecular weight excluding hydrogens is 162 g/mol. The number of imidazole rings is 1. The minimum Gasteiger partial charge on any atom is -0.349 e. The lowest BCUT2D eigenvalue weighted by molar-refractivity contribution is 1.15. The van der Waals surface area contributed by atoms with Gasteiger partial charge in [-0.15, -0.1) is 0 Å². The lowest BCUT2D eigenvalue weighted by Gasteiger charge is -2.14. The van der Waals surface area contributed by atoms with Crippen molar-refractivity contribution in [3.05, 3.63) is 42.9 Å². The largest absolute Gasteiger partial charge is 0.349 e. The summed E-state index contributed by atoms with van der Waals surface area (Å²) in [4.78, 5) is 9.03. The number of anilines is 2. The molecule has 0 atom stereocenters. The standard InChI is InChI=1S/C10H10N3/c1-13(10-7-11-8-12-10)9-5-3-2-4-6-9/h2-5,7-8H,1H3,(H,11,12). The number of aromatic amines is 1. The molecule has 65 valence electrons. The van der Waals surface area contributed by atoms with Crippen molar-refractivity contribution in [3.8, 4) is 0 Å². The molecule has 0 aliphatic carbocycles. The van der Waals surface area contributed by atoms with Crippen molar-refractivity contribution in [3.63, 3.8) is 0 Å². The van der Waals surface area contributed by atoms with Crippen LogP contribution in [0.1, 0.15) is 0 Å². The van der Waals surface area contributed by atoms with Crippen LogP contribution in [-0.2, 0) is 0 Å². The fourth-order valence-electron chi connectivity index (χ4n) is 1.15. The molecule has 0 spiro atoms. The van der Waals surface area contributed by atoms with Crippen LogP contribution in [0.25, 0.3) is 0 Å². The smallest absolute Gasteiger partial charge is 0.150 e. The third kappa shape index (κ3) is 1.54. The number of nitrogens with one attached hydrogen (secondary N) is 1. The topological polar surface area (TPSA) is 31.9 Å². The first-order chi connectivity index (χ1) is 6.38. The van der Waals surface area contributed by atoms with E-state index >= 15 is 0 Å². The summed E-state index contributed by atoms with van der Waals surface area (Å²) in [6.07, 6.45) is 3.51. The van der Waals surface area contributed by atoms with E-state index in [1.54, 1.807) is 6.33 Å². The summed E-state index contributed by atoms with van der Waals surface area (Å²) in [5.41, 5.74) is 1.01. The molecule has 1 heterocycles. The third-order valence-electron chi connectivity index (χ3n) is 1.88. The Morgan fingerprint density at radius 3 is 3.00 bits per heavy atom. The maximum absolute atomic E-state index is 4.14. The van der Waals surface area contributed by atoms with E-state index in [-0.39, 0.29) is 0 Å². The minimum atomic E-state index is 0.891. The molecule has 1 aromatic carbocycles. The zero-order valence-corrected chi connectivity index (χ0v) is 7.36. The second kappa shape index (κ2) is 3.31. The highest BCUT2D eigenvalue weighted by Crippen LogP contribution is 2.18. The van der Waals surface area contributed by atoms with Crippen molar-refractivity contribution in [1.82, 2.24) is 9.97 Å². The second-order valence-corrected chi connectivity index (χ2v) is 2.73. The zero-order valence-electron chi connectivity index (χ0n) is 7.36. The van der Waals surface area contributed by atoms with Gasteiger partial charge in [0.1, 0.15) is 0 Å². The molecule has 3 heteroatoms. The van der Waals surface area contributed by atoms with E-state index in [0.29, 0.717) is 0 Å². The van der Waals surface area contributed by atoms with Gasteiger partial charge in [-0.25, -0.2) is 4.98 Å². The number of para-hydroxylation sites is 1. The monoisotopic (exact) mass is 172 g/mol. The third-order valence-corrected chi connectivity index (χ3v) is 1.88. The molecule has 0 aliphatic rings. The van der Waals surface area contributed by atoms with Gasteiger partial charge in [-0.3, -0.25) is 0 Å². The quantitative estimate of drug-likeness (QED) is 0.751. The molecule has 1 aromatic heterocycles. The second-order valence-electron chi connectivity index (χ2n) is 2.73. The number of nitrogens with zero attached hydrogens (tertiary/aromatic N) is 2. The molecule has 0 amide bonds. The van der Waals surface area contributed by atoms with E-state index in [1.807, 2.05) is 42.4 Å². The lowest BCUT2D eigenvalue weighted by atomic mass is 10.3. The molecule has 0 saturated carbocycles. The van der Waals surface area contributed by atoms with Gasteiger partial charge in [0, 0.05) is 19.3 Å². The van der Waals surface area contributed by atoms with E-state index in [9.17, 15) is 0 Å². The molecule has 2 aromatic rings. The van der Waals surface area contributed by atoms with E-state index < -0.39 is 0 Å². The Balaban J connectivity index is 2.29. The molecule has 1 radical (unpaired) electrons. The molecule has 0 saturated heterocycles. The number of benzene rings is 1. The van der Waals surface area contributed by atoms with Gasteiger partial charge in [-0.1, -0.05) is 18.2 Å². The van der Waals surface area contributed by atoms with Gasteiger partial charge in [0.15, 0.2) is 5.82 Å². The molecule has 0 bridgehead atoms. The number of aromatic nitrogens is 2. The van der Waals surface area contributed by atoms with E-state index in [0.717, 1.165) is 11.5 Å². The van der Waals surface area contributed by atoms with Crippen molar-refractivity contribution < 1.29 is 0 Å². The summed E-state index contributed by atoms with van der Waals surface area (Å²) in [7, 11) is 1.96. The van der Waals surface area contributed by atoms with Gasteiger partial charge in [0.05, 0.1) is 12.0 Å². The molecule has 0 unspecified atom stereocenters. The zero-order chi connectivity index (χ0) is 9.10. The average Bonchev–Trinajstić information content (AvgIpc) is 2.71. The van der Waals surface area contributed by atoms with Gasteiger partial charge < -0.3 is 9.88 Å². The minimum absolute atomic E-state index is 0.891. The predicted octanol–water partition coefficient (Wildman–Crippen LogP) is 1.98. The summed E-state index contributed by atoms with van der Waals surface area (Å²) >= 11 is 0. The van der Waals surface area contributed by atoms with Crippen LogP contribution < -0.4 is 4.90 Å². The number of hydrogen-bond acceptors (Lipinski definition) is 2. The van der Waals surface area contributed by atoms with Crippen molar-refractivity contribution in [2.75, 3.05) is 11.9 Å². The van der Waals surface area contributed by atoms with E-state index in [4.69, 9.17) is 0 Å². The molecular formula is C10H10N3. The van der Waals surface area contributed by atoms with E-state index in [2.05, 4.69) is 16.0 Å². The van der Waals surface area contributed by atoms with Crippen LogP contribution in [0.15, 0.2) is 36.8 Å². The van der Waals surface area contributed by atoms with Gasteiger partial charge in [0.2, 0.25) is 0 Å². The Labute approximate surface area is 77.0 Å². The van der Waals surface area contributed by atoms with Crippen LogP contribution in [0, 0.1) is 6.07 Å². The highest BCUT2D eigenvalue weighted by molar-refractivity contribution is 5.57. The van der Waals surface area contributed by atoms with Crippen molar-refractivity contribution >= 4 is 11.5 Å². The predicted molar refractivity (Wildman–Crippen MR) is 51.9 cm³/mol. The maximum Gasteiger partial charge on any atom is 0.150 e. The first kappa shape index (κ1) is 7.86. The molecule has 1 N–H and O–H groups in total. The Bertz CT molecular complexity index is 353. The average molecular weight is 172 g/mol. The van der Waals surface area contributed by atoms with Crippen molar-refractivity contribution in [2.24, 2.45) is 0 Å². The summed E-state index contributed by atoms with van der Waals surface area (Å²) in [5.74, 6) is 0.891. The summed E-state index contributed by atoms with van der Waals surface area (Å²) in [5, 5.41) is 0. The van der Waals surface area contributed by atoms with Gasteiger partial charge in [-0.2, -0.15) is 0 Å². The van der Waals surface area contributed by atoms with E-state index in [1.165, 1.54) is 0 Å². The Hall–Kier alpha value is -1.77. The lowest BCUT2D eigenvalue weighted by Crippen LogP contribution is -2.09. The summed E-state index contributed by atoms with van der Waals surface area (Å²) < 4.78 is 0. The highest BCUT2D eigenvalue weighted by Gasteiger charge is 2.03. The molecule has 2 rings (SSSR count). The maximum atomic E-state index is 4.14. The summed E-state index contributed by atoms with van der Waals surface area (Å²) in [6, 6.07) is 10.9. The van der Waals surface area contributed by atoms with Gasteiger partial charge >= 0.3 is 0 Å². The van der Waals surface area contributed by atoms with Crippen LogP contribution in [0.2, 0.25) is 0 Å². The number of rotatable bonds is 2. The van der Waals surface area contributed by atoms with Crippen molar-refractivity contribution in [2.45, 2.75) is 0 Å². The first-order valence-electron chi connectivity index (χ1n) is 4.07. The molecule has 0 fully saturated rings. The number of H-pyrrole nitrogens is 1. The van der Waals surface area contributed by atoms with Crippen LogP contribution in [0.3, 0.4) is 0 Å². The summed E-state index contributed by atoms with van der Waals surface area (Å²) in [6.45, 7) is 0. The molecule has 3 nitrogen and oxygen atoms in total. The van der Waals surface area contributed by atoms with Gasteiger partial charge in [0.25, 0.3) is 0 Å². The Morgan fingerprint density at radius 1 is 1.46 bits per heavy atom. The van der Waals surface area contributed by atoms with Crippen LogP contribution in [0.4, 0.5) is 11.5 Å². The van der Waals surface area contributed by atoms with Crippen molar-refractivity contribution in [1.29, 1.82) is 0 Å². The molecule has 13 heavy (non-hydrogen) atoms. The SMILES string of the molecule is CN(c1[c]cccc1)c1c[nH]cn1. The first-order valence-corrected chi connectivity index (χ1v) is 4.07. The normalized spacial score (nSPS) is 9.92. The Morgan fingerprint density at radius 2 is 2.38 bits per heavy atom. The fourth-order valence-corrected chi connectivity index (χ4v) is 1.15. The number of hydrogen-bond donors (Lipinski definition) is 1. The highest BCUT2D eigenvalue weighted by atomic mass is 15.2. The molecule has 0 aliphatic heterocycles.